The Labute approximate surface area is 140 Å². The van der Waals surface area contributed by atoms with E-state index in [-0.39, 0.29) is 0 Å². The summed E-state index contributed by atoms with van der Waals surface area (Å²) in [4.78, 5) is 8.51. The highest BCUT2D eigenvalue weighted by Gasteiger charge is 2.03. The van der Waals surface area contributed by atoms with Crippen molar-refractivity contribution < 1.29 is 4.74 Å². The third kappa shape index (κ3) is 3.73. The molecule has 0 aliphatic rings. The van der Waals surface area contributed by atoms with Gasteiger partial charge < -0.3 is 20.4 Å². The van der Waals surface area contributed by atoms with Gasteiger partial charge in [-0.3, -0.25) is 0 Å². The van der Waals surface area contributed by atoms with Crippen molar-refractivity contribution in [3.05, 3.63) is 72.8 Å². The zero-order valence-corrected chi connectivity index (χ0v) is 13.4. The number of hydrogen-bond donors (Lipinski definition) is 2. The number of aromatic nitrogens is 2. The number of rotatable bonds is 5. The second-order valence-corrected chi connectivity index (χ2v) is 5.16. The largest absolute Gasteiger partial charge is 0.497 e. The topological polar surface area (TPSA) is 77.5 Å². The first-order chi connectivity index (χ1) is 11.8. The maximum absolute atomic E-state index is 5.99. The molecule has 3 rings (SSSR count). The molecule has 6 heteroatoms. The van der Waals surface area contributed by atoms with Crippen molar-refractivity contribution in [2.75, 3.05) is 12.4 Å². The summed E-state index contributed by atoms with van der Waals surface area (Å²) >= 11 is 0. The number of nitrogens with two attached hydrogens (primary N) is 1. The molecule has 0 saturated heterocycles. The maximum atomic E-state index is 5.99. The number of benzene rings is 2. The van der Waals surface area contributed by atoms with Crippen molar-refractivity contribution in [2.45, 2.75) is 6.54 Å². The first-order valence-corrected chi connectivity index (χ1v) is 7.53. The van der Waals surface area contributed by atoms with Crippen LogP contribution in [0.1, 0.15) is 5.56 Å². The predicted octanol–water partition coefficient (Wildman–Crippen LogP) is 2.81. The number of hydrogen-bond acceptors (Lipinski definition) is 3. The average molecular weight is 321 g/mol. The number of guanidine groups is 1. The second-order valence-electron chi connectivity index (χ2n) is 5.16. The summed E-state index contributed by atoms with van der Waals surface area (Å²) in [6.07, 6.45) is 5.42. The molecule has 1 heterocycles. The molecule has 2 aromatic carbocycles. The monoisotopic (exact) mass is 321 g/mol. The van der Waals surface area contributed by atoms with Gasteiger partial charge in [-0.1, -0.05) is 24.3 Å². The van der Waals surface area contributed by atoms with Crippen LogP contribution < -0.4 is 15.8 Å². The molecule has 122 valence electrons. The summed E-state index contributed by atoms with van der Waals surface area (Å²) < 4.78 is 7.15. The SMILES string of the molecule is COc1cccc(NC(N)=NCc2ccccc2-n2ccnc2)c1. The van der Waals surface area contributed by atoms with Gasteiger partial charge in [0, 0.05) is 24.1 Å². The number of para-hydroxylation sites is 1. The van der Waals surface area contributed by atoms with E-state index >= 15 is 0 Å². The van der Waals surface area contributed by atoms with Crippen molar-refractivity contribution in [1.29, 1.82) is 0 Å². The Hall–Kier alpha value is -3.28. The van der Waals surface area contributed by atoms with Gasteiger partial charge >= 0.3 is 0 Å². The van der Waals surface area contributed by atoms with Gasteiger partial charge in [-0.15, -0.1) is 0 Å². The fourth-order valence-electron chi connectivity index (χ4n) is 2.36. The van der Waals surface area contributed by atoms with Gasteiger partial charge in [0.25, 0.3) is 0 Å². The smallest absolute Gasteiger partial charge is 0.193 e. The van der Waals surface area contributed by atoms with Gasteiger partial charge in [-0.05, 0) is 23.8 Å². The van der Waals surface area contributed by atoms with Crippen molar-refractivity contribution >= 4 is 11.6 Å². The van der Waals surface area contributed by atoms with Crippen molar-refractivity contribution in [1.82, 2.24) is 9.55 Å². The maximum Gasteiger partial charge on any atom is 0.193 e. The molecule has 3 N–H and O–H groups in total. The van der Waals surface area contributed by atoms with Crippen LogP contribution in [0.15, 0.2) is 72.2 Å². The lowest BCUT2D eigenvalue weighted by Crippen LogP contribution is -2.22. The Balaban J connectivity index is 1.73. The third-order valence-corrected chi connectivity index (χ3v) is 3.54. The second kappa shape index (κ2) is 7.32. The van der Waals surface area contributed by atoms with Crippen molar-refractivity contribution in [2.24, 2.45) is 10.7 Å². The van der Waals surface area contributed by atoms with Gasteiger partial charge in [-0.25, -0.2) is 9.98 Å². The van der Waals surface area contributed by atoms with Crippen LogP contribution in [0, 0.1) is 0 Å². The zero-order chi connectivity index (χ0) is 16.8. The van der Waals surface area contributed by atoms with Crippen LogP contribution in [0.25, 0.3) is 5.69 Å². The van der Waals surface area contributed by atoms with E-state index in [4.69, 9.17) is 10.5 Å². The number of anilines is 1. The summed E-state index contributed by atoms with van der Waals surface area (Å²) in [6, 6.07) is 15.6. The molecule has 0 spiro atoms. The van der Waals surface area contributed by atoms with Crippen LogP contribution in [-0.4, -0.2) is 22.6 Å². The summed E-state index contributed by atoms with van der Waals surface area (Å²) in [5, 5.41) is 3.07. The van der Waals surface area contributed by atoms with E-state index in [1.165, 1.54) is 0 Å². The minimum atomic E-state index is 0.351. The zero-order valence-electron chi connectivity index (χ0n) is 13.4. The number of methoxy groups -OCH3 is 1. The summed E-state index contributed by atoms with van der Waals surface area (Å²) in [5.74, 6) is 1.11. The molecule has 3 aromatic rings. The molecule has 0 fully saturated rings. The van der Waals surface area contributed by atoms with Gasteiger partial charge in [0.1, 0.15) is 5.75 Å². The van der Waals surface area contributed by atoms with Gasteiger partial charge in [0.2, 0.25) is 0 Å². The van der Waals surface area contributed by atoms with E-state index in [2.05, 4.69) is 15.3 Å². The number of imidazole rings is 1. The van der Waals surface area contributed by atoms with Crippen LogP contribution >= 0.6 is 0 Å². The van der Waals surface area contributed by atoms with Crippen LogP contribution in [0.3, 0.4) is 0 Å². The Morgan fingerprint density at radius 2 is 2.12 bits per heavy atom. The Morgan fingerprint density at radius 1 is 1.25 bits per heavy atom. The van der Waals surface area contributed by atoms with Gasteiger partial charge in [-0.2, -0.15) is 0 Å². The number of nitrogens with one attached hydrogen (secondary N) is 1. The first kappa shape index (κ1) is 15.6. The minimum Gasteiger partial charge on any atom is -0.497 e. The molecule has 0 amide bonds. The summed E-state index contributed by atoms with van der Waals surface area (Å²) in [7, 11) is 1.63. The van der Waals surface area contributed by atoms with E-state index in [1.807, 2.05) is 59.3 Å². The van der Waals surface area contributed by atoms with Gasteiger partial charge in [0.15, 0.2) is 5.96 Å². The molecular weight excluding hydrogens is 302 g/mol. The number of ether oxygens (including phenoxy) is 1. The van der Waals surface area contributed by atoms with Crippen LogP contribution in [0.2, 0.25) is 0 Å². The third-order valence-electron chi connectivity index (χ3n) is 3.54. The molecule has 0 radical (unpaired) electrons. The molecular formula is C18H19N5O. The fraction of sp³-hybridized carbons (Fsp3) is 0.111. The highest BCUT2D eigenvalue weighted by Crippen LogP contribution is 2.17. The predicted molar refractivity (Wildman–Crippen MR) is 95.5 cm³/mol. The van der Waals surface area contributed by atoms with Crippen LogP contribution in [0.5, 0.6) is 5.75 Å². The molecule has 0 bridgehead atoms. The highest BCUT2D eigenvalue weighted by atomic mass is 16.5. The molecule has 0 atom stereocenters. The van der Waals surface area contributed by atoms with Crippen molar-refractivity contribution in [3.8, 4) is 11.4 Å². The lowest BCUT2D eigenvalue weighted by molar-refractivity contribution is 0.415. The van der Waals surface area contributed by atoms with E-state index in [1.54, 1.807) is 19.6 Å². The fourth-order valence-corrected chi connectivity index (χ4v) is 2.36. The lowest BCUT2D eigenvalue weighted by Gasteiger charge is -2.10. The molecule has 6 nitrogen and oxygen atoms in total. The number of aliphatic imine (C=N–C) groups is 1. The van der Waals surface area contributed by atoms with E-state index in [0.717, 1.165) is 22.7 Å². The van der Waals surface area contributed by atoms with E-state index in [9.17, 15) is 0 Å². The van der Waals surface area contributed by atoms with E-state index < -0.39 is 0 Å². The summed E-state index contributed by atoms with van der Waals surface area (Å²) in [5.41, 5.74) is 8.92. The lowest BCUT2D eigenvalue weighted by atomic mass is 10.2. The van der Waals surface area contributed by atoms with Crippen molar-refractivity contribution in [3.63, 3.8) is 0 Å². The quantitative estimate of drug-likeness (QED) is 0.559. The normalized spacial score (nSPS) is 11.3. The number of nitrogens with zero attached hydrogens (tertiary/aromatic N) is 3. The summed E-state index contributed by atoms with van der Waals surface area (Å²) in [6.45, 7) is 0.469. The Kier molecular flexibility index (Phi) is 4.76. The average Bonchev–Trinajstić information content (AvgIpc) is 3.15. The molecule has 0 aliphatic carbocycles. The molecule has 1 aromatic heterocycles. The van der Waals surface area contributed by atoms with Crippen LogP contribution in [-0.2, 0) is 6.54 Å². The highest BCUT2D eigenvalue weighted by molar-refractivity contribution is 5.92. The molecule has 0 unspecified atom stereocenters. The Morgan fingerprint density at radius 3 is 2.92 bits per heavy atom. The Bertz CT molecular complexity index is 827. The molecule has 24 heavy (non-hydrogen) atoms. The van der Waals surface area contributed by atoms with Gasteiger partial charge in [0.05, 0.1) is 25.7 Å². The minimum absolute atomic E-state index is 0.351. The van der Waals surface area contributed by atoms with E-state index in [0.29, 0.717) is 12.5 Å². The first-order valence-electron chi connectivity index (χ1n) is 7.53. The molecule has 0 saturated carbocycles. The molecule has 0 aliphatic heterocycles. The standard InChI is InChI=1S/C18H19N5O/c1-24-16-7-4-6-15(11-16)22-18(19)21-12-14-5-2-3-8-17(14)23-10-9-20-13-23/h2-11,13H,12H2,1H3,(H3,19,21,22). The van der Waals surface area contributed by atoms with Crippen LogP contribution in [0.4, 0.5) is 5.69 Å².